The van der Waals surface area contributed by atoms with Crippen LogP contribution in [0.3, 0.4) is 0 Å². The minimum absolute atomic E-state index is 0.0405. The van der Waals surface area contributed by atoms with Crippen molar-refractivity contribution in [2.45, 2.75) is 31.8 Å². The number of ether oxygens (including phenoxy) is 1. The normalized spacial score (nSPS) is 16.7. The quantitative estimate of drug-likeness (QED) is 0.521. The summed E-state index contributed by atoms with van der Waals surface area (Å²) >= 11 is 12.7. The van der Waals surface area contributed by atoms with E-state index in [-0.39, 0.29) is 25.6 Å². The van der Waals surface area contributed by atoms with Crippen molar-refractivity contribution in [1.29, 1.82) is 0 Å². The largest absolute Gasteiger partial charge is 0.466 e. The molecule has 3 rings (SSSR count). The lowest BCUT2D eigenvalue weighted by atomic mass is 9.84. The Labute approximate surface area is 197 Å². The van der Waals surface area contributed by atoms with Crippen LogP contribution < -0.4 is 10.6 Å². The highest BCUT2D eigenvalue weighted by atomic mass is 35.5. The zero-order chi connectivity index (χ0) is 23.3. The first-order chi connectivity index (χ1) is 15.3. The standard InChI is InChI=1S/C23H27Cl2N3O4/c1-3-32-22(30)10-17(13-29)27-23(31)26-16-6-4-5-14(7-16)19-11-28(2)12-20-18(19)8-15(24)9-21(20)25/h4-9,17,19,29H,3,10-13H2,1-2H3,(H2,26,27,31)/t17-,19?/m0/s1. The third-order valence-corrected chi connectivity index (χ3v) is 5.87. The summed E-state index contributed by atoms with van der Waals surface area (Å²) in [6.07, 6.45) is -0.107. The number of aliphatic hydroxyl groups is 1. The third kappa shape index (κ3) is 6.13. The molecule has 1 heterocycles. The average Bonchev–Trinajstić information content (AvgIpc) is 2.73. The molecule has 2 aromatic rings. The number of likely N-dealkylation sites (N-methyl/N-ethyl adjacent to an activating group) is 1. The number of anilines is 1. The van der Waals surface area contributed by atoms with E-state index in [1.165, 1.54) is 0 Å². The number of nitrogens with one attached hydrogen (secondary N) is 2. The van der Waals surface area contributed by atoms with Gasteiger partial charge in [-0.2, -0.15) is 0 Å². The smallest absolute Gasteiger partial charge is 0.319 e. The van der Waals surface area contributed by atoms with Crippen molar-refractivity contribution in [2.24, 2.45) is 0 Å². The Bertz CT molecular complexity index is 986. The molecule has 1 aliphatic heterocycles. The zero-order valence-electron chi connectivity index (χ0n) is 18.0. The van der Waals surface area contributed by atoms with Crippen LogP contribution in [0.15, 0.2) is 36.4 Å². The second-order valence-electron chi connectivity index (χ2n) is 7.82. The Morgan fingerprint density at radius 3 is 2.78 bits per heavy atom. The van der Waals surface area contributed by atoms with E-state index in [1.807, 2.05) is 31.3 Å². The summed E-state index contributed by atoms with van der Waals surface area (Å²) in [6, 6.07) is 10.0. The molecule has 2 aromatic carbocycles. The van der Waals surface area contributed by atoms with E-state index in [1.54, 1.807) is 19.1 Å². The minimum atomic E-state index is -0.736. The van der Waals surface area contributed by atoms with E-state index in [0.29, 0.717) is 15.7 Å². The first kappa shape index (κ1) is 24.3. The number of hydrogen-bond acceptors (Lipinski definition) is 5. The Kier molecular flexibility index (Phi) is 8.37. The van der Waals surface area contributed by atoms with Crippen LogP contribution in [-0.4, -0.2) is 54.9 Å². The van der Waals surface area contributed by atoms with Crippen LogP contribution in [0.25, 0.3) is 0 Å². The predicted molar refractivity (Wildman–Crippen MR) is 125 cm³/mol. The number of rotatable bonds is 7. The van der Waals surface area contributed by atoms with E-state index in [9.17, 15) is 14.7 Å². The van der Waals surface area contributed by atoms with Crippen LogP contribution in [0, 0.1) is 0 Å². The molecule has 32 heavy (non-hydrogen) atoms. The Morgan fingerprint density at radius 2 is 2.06 bits per heavy atom. The molecule has 0 spiro atoms. The molecule has 3 N–H and O–H groups in total. The van der Waals surface area contributed by atoms with Crippen molar-refractivity contribution in [3.8, 4) is 0 Å². The number of aliphatic hydroxyl groups excluding tert-OH is 1. The van der Waals surface area contributed by atoms with Gasteiger partial charge < -0.3 is 25.4 Å². The fourth-order valence-corrected chi connectivity index (χ4v) is 4.47. The first-order valence-electron chi connectivity index (χ1n) is 10.4. The molecule has 1 aliphatic rings. The summed E-state index contributed by atoms with van der Waals surface area (Å²) in [5.41, 5.74) is 3.74. The third-order valence-electron chi connectivity index (χ3n) is 5.31. The van der Waals surface area contributed by atoms with Gasteiger partial charge in [-0.1, -0.05) is 35.3 Å². The molecule has 0 saturated carbocycles. The van der Waals surface area contributed by atoms with Gasteiger partial charge >= 0.3 is 12.0 Å². The number of nitrogens with zero attached hydrogens (tertiary/aromatic N) is 1. The number of fused-ring (bicyclic) bond motifs is 1. The van der Waals surface area contributed by atoms with Gasteiger partial charge in [0, 0.05) is 34.7 Å². The van der Waals surface area contributed by atoms with Gasteiger partial charge in [0.05, 0.1) is 25.7 Å². The molecule has 172 valence electrons. The number of urea groups is 1. The van der Waals surface area contributed by atoms with Crippen molar-refractivity contribution < 1.29 is 19.4 Å². The molecule has 0 bridgehead atoms. The maximum Gasteiger partial charge on any atom is 0.319 e. The van der Waals surface area contributed by atoms with Crippen LogP contribution in [-0.2, 0) is 16.1 Å². The second-order valence-corrected chi connectivity index (χ2v) is 8.66. The lowest BCUT2D eigenvalue weighted by molar-refractivity contribution is -0.143. The monoisotopic (exact) mass is 479 g/mol. The number of esters is 1. The molecule has 1 unspecified atom stereocenters. The summed E-state index contributed by atoms with van der Waals surface area (Å²) in [5, 5.41) is 16.1. The molecule has 9 heteroatoms. The van der Waals surface area contributed by atoms with E-state index in [4.69, 9.17) is 27.9 Å². The van der Waals surface area contributed by atoms with Crippen molar-refractivity contribution >= 4 is 40.9 Å². The number of halogens is 2. The molecule has 2 amide bonds. The lowest BCUT2D eigenvalue weighted by Gasteiger charge is -2.33. The van der Waals surface area contributed by atoms with Crippen LogP contribution in [0.4, 0.5) is 10.5 Å². The summed E-state index contributed by atoms with van der Waals surface area (Å²) in [7, 11) is 2.04. The number of hydrogen-bond donors (Lipinski definition) is 3. The fourth-order valence-electron chi connectivity index (χ4n) is 3.90. The van der Waals surface area contributed by atoms with E-state index >= 15 is 0 Å². The SMILES string of the molecule is CCOC(=O)C[C@@H](CO)NC(=O)Nc1cccc(C2CN(C)Cc3c(Cl)cc(Cl)cc32)c1. The lowest BCUT2D eigenvalue weighted by Crippen LogP contribution is -2.41. The van der Waals surface area contributed by atoms with E-state index in [0.717, 1.165) is 29.8 Å². The number of amides is 2. The van der Waals surface area contributed by atoms with Gasteiger partial charge in [-0.15, -0.1) is 0 Å². The van der Waals surface area contributed by atoms with Crippen LogP contribution >= 0.6 is 23.2 Å². The molecule has 7 nitrogen and oxygen atoms in total. The first-order valence-corrected chi connectivity index (χ1v) is 11.2. The van der Waals surface area contributed by atoms with Crippen LogP contribution in [0.2, 0.25) is 10.0 Å². The molecule has 0 aromatic heterocycles. The maximum absolute atomic E-state index is 12.4. The van der Waals surface area contributed by atoms with Gasteiger partial charge in [0.15, 0.2) is 0 Å². The molecular weight excluding hydrogens is 453 g/mol. The minimum Gasteiger partial charge on any atom is -0.466 e. The molecule has 0 radical (unpaired) electrons. The molecule has 0 fully saturated rings. The van der Waals surface area contributed by atoms with Crippen molar-refractivity contribution in [3.63, 3.8) is 0 Å². The van der Waals surface area contributed by atoms with E-state index in [2.05, 4.69) is 15.5 Å². The fraction of sp³-hybridized carbons (Fsp3) is 0.391. The highest BCUT2D eigenvalue weighted by Crippen LogP contribution is 2.38. The Morgan fingerprint density at radius 1 is 1.28 bits per heavy atom. The van der Waals surface area contributed by atoms with Gasteiger partial charge in [0.25, 0.3) is 0 Å². The van der Waals surface area contributed by atoms with Crippen LogP contribution in [0.1, 0.15) is 36.0 Å². The molecular formula is C23H27Cl2N3O4. The molecule has 0 saturated heterocycles. The van der Waals surface area contributed by atoms with Crippen molar-refractivity contribution in [2.75, 3.05) is 32.1 Å². The van der Waals surface area contributed by atoms with Gasteiger partial charge in [0.2, 0.25) is 0 Å². The summed E-state index contributed by atoms with van der Waals surface area (Å²) < 4.78 is 4.87. The molecule has 2 atom stereocenters. The van der Waals surface area contributed by atoms with Gasteiger partial charge in [-0.05, 0) is 54.9 Å². The summed E-state index contributed by atoms with van der Waals surface area (Å²) in [4.78, 5) is 26.2. The Balaban J connectivity index is 1.75. The predicted octanol–water partition coefficient (Wildman–Crippen LogP) is 4.01. The maximum atomic E-state index is 12.4. The highest BCUT2D eigenvalue weighted by molar-refractivity contribution is 6.35. The number of carbonyl (C=O) groups is 2. The average molecular weight is 480 g/mol. The summed E-state index contributed by atoms with van der Waals surface area (Å²) in [6.45, 7) is 3.09. The second kappa shape index (κ2) is 11.0. The van der Waals surface area contributed by atoms with E-state index < -0.39 is 18.0 Å². The van der Waals surface area contributed by atoms with Gasteiger partial charge in [0.1, 0.15) is 0 Å². The number of benzene rings is 2. The van der Waals surface area contributed by atoms with Crippen molar-refractivity contribution in [1.82, 2.24) is 10.2 Å². The van der Waals surface area contributed by atoms with Gasteiger partial charge in [-0.3, -0.25) is 4.79 Å². The topological polar surface area (TPSA) is 90.9 Å². The van der Waals surface area contributed by atoms with Gasteiger partial charge in [-0.25, -0.2) is 4.79 Å². The zero-order valence-corrected chi connectivity index (χ0v) is 19.5. The molecule has 0 aliphatic carbocycles. The number of carbonyl (C=O) groups excluding carboxylic acids is 2. The van der Waals surface area contributed by atoms with Crippen LogP contribution in [0.5, 0.6) is 0 Å². The van der Waals surface area contributed by atoms with Crippen molar-refractivity contribution in [3.05, 3.63) is 63.1 Å². The Hall–Kier alpha value is -2.32. The summed E-state index contributed by atoms with van der Waals surface area (Å²) in [5.74, 6) is -0.440. The highest BCUT2D eigenvalue weighted by Gasteiger charge is 2.27.